The summed E-state index contributed by atoms with van der Waals surface area (Å²) in [5.41, 5.74) is 2.20. The smallest absolute Gasteiger partial charge is 0.203 e. The molecule has 2 aliphatic rings. The quantitative estimate of drug-likeness (QED) is 0.482. The zero-order chi connectivity index (χ0) is 22.7. The minimum atomic E-state index is -0.607. The third-order valence-electron chi connectivity index (χ3n) is 5.72. The Morgan fingerprint density at radius 3 is 2.62 bits per heavy atom. The first-order valence-electron chi connectivity index (χ1n) is 10.8. The normalized spacial score (nSPS) is 20.5. The van der Waals surface area contributed by atoms with Crippen molar-refractivity contribution in [1.29, 1.82) is 0 Å². The average Bonchev–Trinajstić information content (AvgIpc) is 3.48. The fourth-order valence-electron chi connectivity index (χ4n) is 4.07. The Balaban J connectivity index is 0.00000204. The number of hydrogen-bond donors (Lipinski definition) is 0. The van der Waals surface area contributed by atoms with Gasteiger partial charge in [0.25, 0.3) is 0 Å². The van der Waals surface area contributed by atoms with E-state index in [-0.39, 0.29) is 52.7 Å². The molecule has 1 aliphatic carbocycles. The molecule has 1 aromatic carbocycles. The number of aromatic nitrogens is 2. The second-order valence-corrected chi connectivity index (χ2v) is 10.5. The number of likely N-dealkylation sites (N-methyl/N-ethyl adjacent to an activating group) is 1. The van der Waals surface area contributed by atoms with Crippen molar-refractivity contribution in [2.45, 2.75) is 30.6 Å². The molecule has 0 amide bonds. The third kappa shape index (κ3) is 7.32. The van der Waals surface area contributed by atoms with Crippen LogP contribution in [0, 0.1) is 11.7 Å². The maximum Gasteiger partial charge on any atom is 0.203 e. The van der Waals surface area contributed by atoms with Gasteiger partial charge in [0.15, 0.2) is 5.78 Å². The van der Waals surface area contributed by atoms with Gasteiger partial charge >= 0.3 is 0 Å². The lowest BCUT2D eigenvalue weighted by atomic mass is 9.93. The van der Waals surface area contributed by atoms with Gasteiger partial charge in [-0.15, -0.1) is 29.9 Å². The summed E-state index contributed by atoms with van der Waals surface area (Å²) in [4.78, 5) is 29.7. The second-order valence-electron chi connectivity index (χ2n) is 8.63. The molecule has 2 heterocycles. The molecule has 1 aliphatic heterocycles. The molecular weight excluding hydrogens is 518 g/mol. The molecule has 4 rings (SSSR count). The number of hydrogen-bond acceptors (Lipinski definition) is 8. The summed E-state index contributed by atoms with van der Waals surface area (Å²) >= 11 is 2.61. The lowest BCUT2D eigenvalue weighted by Gasteiger charge is -2.38. The first-order chi connectivity index (χ1) is 15.4. The van der Waals surface area contributed by atoms with Gasteiger partial charge in [0.2, 0.25) is 5.12 Å². The van der Waals surface area contributed by atoms with Gasteiger partial charge in [0.05, 0.1) is 18.3 Å². The Bertz CT molecular complexity index is 1000. The van der Waals surface area contributed by atoms with E-state index in [0.29, 0.717) is 31.6 Å². The van der Waals surface area contributed by atoms with Crippen LogP contribution in [0.5, 0.6) is 0 Å². The van der Waals surface area contributed by atoms with E-state index in [4.69, 9.17) is 0 Å². The largest absolute Gasteiger partial charge is 0.302 e. The summed E-state index contributed by atoms with van der Waals surface area (Å²) in [5.74, 6) is -0.235. The highest BCUT2D eigenvalue weighted by Gasteiger charge is 2.41. The van der Waals surface area contributed by atoms with Crippen LogP contribution >= 0.6 is 48.1 Å². The van der Waals surface area contributed by atoms with Gasteiger partial charge in [-0.25, -0.2) is 4.39 Å². The van der Waals surface area contributed by atoms with Gasteiger partial charge in [-0.1, -0.05) is 34.4 Å². The molecule has 6 nitrogen and oxygen atoms in total. The number of carbonyl (C=O) groups excluding carboxylic acids is 2. The zero-order valence-electron chi connectivity index (χ0n) is 19.1. The number of piperidine rings is 1. The number of halogens is 3. The Morgan fingerprint density at radius 1 is 1.26 bits per heavy atom. The molecule has 2 fully saturated rings. The third-order valence-corrected chi connectivity index (χ3v) is 7.46. The molecule has 0 N–H and O–H groups in total. The summed E-state index contributed by atoms with van der Waals surface area (Å²) in [6.45, 7) is 1.48. The Labute approximate surface area is 220 Å². The standard InChI is InChI=1S/C23H27FN4O2S2.2ClH/c1-27(2)13-21(29)32-20-9-10-28(12-16(20)11-17-14-31-26-25-17)22(23(30)15-7-8-15)18-5-3-4-6-19(18)24;;/h3-6,11,14-15,20,22H,7-10,12-13H2,1-2H3;2*1H/b16-11-;;. The molecule has 1 saturated carbocycles. The molecule has 2 unspecified atom stereocenters. The molecule has 0 radical (unpaired) electrons. The van der Waals surface area contributed by atoms with Crippen LogP contribution < -0.4 is 0 Å². The van der Waals surface area contributed by atoms with Crippen molar-refractivity contribution in [3.63, 3.8) is 0 Å². The van der Waals surface area contributed by atoms with E-state index in [2.05, 4.69) is 14.5 Å². The molecule has 34 heavy (non-hydrogen) atoms. The van der Waals surface area contributed by atoms with Crippen LogP contribution in [0.4, 0.5) is 4.39 Å². The predicted octanol–water partition coefficient (Wildman–Crippen LogP) is 4.52. The summed E-state index contributed by atoms with van der Waals surface area (Å²) in [5, 5.41) is 6.10. The van der Waals surface area contributed by atoms with E-state index < -0.39 is 6.04 Å². The summed E-state index contributed by atoms with van der Waals surface area (Å²) in [7, 11) is 3.75. The first kappa shape index (κ1) is 28.9. The average molecular weight is 548 g/mol. The maximum absolute atomic E-state index is 14.7. The van der Waals surface area contributed by atoms with Crippen LogP contribution in [0.3, 0.4) is 0 Å². The van der Waals surface area contributed by atoms with Crippen LogP contribution in [-0.2, 0) is 9.59 Å². The molecule has 0 bridgehead atoms. The van der Waals surface area contributed by atoms with E-state index in [1.54, 1.807) is 18.2 Å². The molecule has 186 valence electrons. The topological polar surface area (TPSA) is 66.4 Å². The Kier molecular flexibility index (Phi) is 11.1. The number of likely N-dealkylation sites (tertiary alicyclic amines) is 1. The second kappa shape index (κ2) is 13.1. The highest BCUT2D eigenvalue weighted by Crippen LogP contribution is 2.40. The summed E-state index contributed by atoms with van der Waals surface area (Å²) in [6, 6.07) is 5.96. The van der Waals surface area contributed by atoms with Gasteiger partial charge in [-0.3, -0.25) is 14.5 Å². The molecule has 2 aromatic rings. The van der Waals surface area contributed by atoms with E-state index in [1.807, 2.05) is 30.5 Å². The van der Waals surface area contributed by atoms with Crippen LogP contribution in [0.1, 0.15) is 36.6 Å². The van der Waals surface area contributed by atoms with Crippen molar-refractivity contribution >= 4 is 65.1 Å². The fourth-order valence-corrected chi connectivity index (χ4v) is 5.65. The van der Waals surface area contributed by atoms with Crippen LogP contribution in [0.15, 0.2) is 35.2 Å². The molecule has 1 saturated heterocycles. The van der Waals surface area contributed by atoms with Gasteiger partial charge in [0.1, 0.15) is 5.82 Å². The van der Waals surface area contributed by atoms with E-state index in [0.717, 1.165) is 24.1 Å². The lowest BCUT2D eigenvalue weighted by molar-refractivity contribution is -0.126. The SMILES string of the molecule is CN(C)CC(=O)SC1CCN(C(C(=O)C2CC2)c2ccccc2F)C/C1=C/c1csnn1.Cl.Cl. The van der Waals surface area contributed by atoms with Crippen LogP contribution in [-0.4, -0.2) is 69.3 Å². The highest BCUT2D eigenvalue weighted by molar-refractivity contribution is 8.14. The molecule has 2 atom stereocenters. The molecule has 0 spiro atoms. The number of rotatable bonds is 8. The van der Waals surface area contributed by atoms with E-state index >= 15 is 0 Å². The zero-order valence-corrected chi connectivity index (χ0v) is 22.3. The Morgan fingerprint density at radius 2 is 2.00 bits per heavy atom. The highest BCUT2D eigenvalue weighted by atomic mass is 35.5. The first-order valence-corrected chi connectivity index (χ1v) is 12.5. The van der Waals surface area contributed by atoms with E-state index in [9.17, 15) is 14.0 Å². The van der Waals surface area contributed by atoms with Gasteiger partial charge in [-0.05, 0) is 62.6 Å². The van der Waals surface area contributed by atoms with Gasteiger partial charge < -0.3 is 4.90 Å². The van der Waals surface area contributed by atoms with Crippen molar-refractivity contribution in [2.75, 3.05) is 33.7 Å². The summed E-state index contributed by atoms with van der Waals surface area (Å²) in [6.07, 6.45) is 4.43. The summed E-state index contributed by atoms with van der Waals surface area (Å²) < 4.78 is 18.7. The van der Waals surface area contributed by atoms with Crippen molar-refractivity contribution in [3.8, 4) is 0 Å². The number of nitrogens with zero attached hydrogens (tertiary/aromatic N) is 4. The maximum atomic E-state index is 14.7. The predicted molar refractivity (Wildman–Crippen MR) is 140 cm³/mol. The minimum Gasteiger partial charge on any atom is -0.302 e. The number of carbonyl (C=O) groups is 2. The van der Waals surface area contributed by atoms with Crippen molar-refractivity contribution in [2.24, 2.45) is 5.92 Å². The molecular formula is C23H29Cl2FN4O2S2. The van der Waals surface area contributed by atoms with Crippen molar-refractivity contribution in [3.05, 3.63) is 52.3 Å². The number of benzene rings is 1. The lowest BCUT2D eigenvalue weighted by Crippen LogP contribution is -2.43. The number of Topliss-reactive ketones (excluding diaryl/α,β-unsaturated/α-hetero) is 1. The van der Waals surface area contributed by atoms with Crippen molar-refractivity contribution < 1.29 is 14.0 Å². The monoisotopic (exact) mass is 546 g/mol. The molecule has 11 heteroatoms. The minimum absolute atomic E-state index is 0. The van der Waals surface area contributed by atoms with Crippen molar-refractivity contribution in [1.82, 2.24) is 19.4 Å². The van der Waals surface area contributed by atoms with E-state index in [1.165, 1.54) is 29.4 Å². The van der Waals surface area contributed by atoms with Gasteiger partial charge in [-0.2, -0.15) is 0 Å². The molecule has 1 aromatic heterocycles. The van der Waals surface area contributed by atoms with Crippen LogP contribution in [0.25, 0.3) is 6.08 Å². The van der Waals surface area contributed by atoms with Crippen LogP contribution in [0.2, 0.25) is 0 Å². The van der Waals surface area contributed by atoms with Gasteiger partial charge in [0, 0.05) is 35.2 Å². The fraction of sp³-hybridized carbons (Fsp3) is 0.478. The number of ketones is 1. The number of thioether (sulfide) groups is 1. The Hall–Kier alpha value is -1.36.